The normalized spacial score (nSPS) is 12.9. The van der Waals surface area contributed by atoms with Gasteiger partial charge in [0.2, 0.25) is 5.91 Å². The summed E-state index contributed by atoms with van der Waals surface area (Å²) in [5.41, 5.74) is 4.27. The van der Waals surface area contributed by atoms with Crippen LogP contribution in [-0.2, 0) is 23.4 Å². The number of nitrogens with one attached hydrogen (secondary N) is 2. The lowest BCUT2D eigenvalue weighted by atomic mass is 10.1. The van der Waals surface area contributed by atoms with Gasteiger partial charge >= 0.3 is 0 Å². The lowest BCUT2D eigenvalue weighted by Gasteiger charge is -2.03. The number of carbonyl (C=O) groups excluding carboxylic acids is 1. The molecule has 6 nitrogen and oxygen atoms in total. The summed E-state index contributed by atoms with van der Waals surface area (Å²) in [4.78, 5) is 39.1. The van der Waals surface area contributed by atoms with Crippen molar-refractivity contribution in [3.05, 3.63) is 61.8 Å². The molecule has 164 valence electrons. The molecule has 0 fully saturated rings. The largest absolute Gasteiger partial charge is 0.309 e. The smallest absolute Gasteiger partial charge is 0.259 e. The highest BCUT2D eigenvalue weighted by atomic mass is 32.2. The molecule has 0 spiro atoms. The molecule has 5 rings (SSSR count). The number of nitrogens with zero attached hydrogens (tertiary/aromatic N) is 2. The van der Waals surface area contributed by atoms with Gasteiger partial charge in [0.25, 0.3) is 5.56 Å². The number of aromatic nitrogens is 3. The fourth-order valence-electron chi connectivity index (χ4n) is 3.82. The Hall–Kier alpha value is -2.49. The van der Waals surface area contributed by atoms with Gasteiger partial charge in [-0.3, -0.25) is 9.59 Å². The molecule has 1 aromatic carbocycles. The highest BCUT2D eigenvalue weighted by Crippen LogP contribution is 2.34. The monoisotopic (exact) mass is 482 g/mol. The first kappa shape index (κ1) is 21.4. The van der Waals surface area contributed by atoms with E-state index in [9.17, 15) is 9.59 Å². The minimum atomic E-state index is -0.0612. The second kappa shape index (κ2) is 9.17. The van der Waals surface area contributed by atoms with Gasteiger partial charge in [-0.15, -0.1) is 22.7 Å². The van der Waals surface area contributed by atoms with Gasteiger partial charge in [0, 0.05) is 28.0 Å². The van der Waals surface area contributed by atoms with Gasteiger partial charge in [0.05, 0.1) is 16.8 Å². The standard InChI is InChI=1S/C23H22N4O2S3/c1-13-5-7-14(8-6-13)16-11-31-23(24-16)27-19(28)9-10-30-12-18-25-21(29)20-15-3-2-4-17(15)32-22(20)26-18/h5-8,11H,2-4,9-10,12H2,1H3,(H,24,27,28)(H,25,26,29). The van der Waals surface area contributed by atoms with Gasteiger partial charge in [-0.05, 0) is 31.7 Å². The van der Waals surface area contributed by atoms with E-state index in [-0.39, 0.29) is 11.5 Å². The molecule has 0 saturated carbocycles. The number of thiophene rings is 1. The minimum absolute atomic E-state index is 0.0316. The van der Waals surface area contributed by atoms with Crippen molar-refractivity contribution in [2.24, 2.45) is 0 Å². The highest BCUT2D eigenvalue weighted by molar-refractivity contribution is 7.98. The number of aromatic amines is 1. The number of rotatable bonds is 7. The molecule has 9 heteroatoms. The van der Waals surface area contributed by atoms with Crippen LogP contribution in [0.2, 0.25) is 0 Å². The van der Waals surface area contributed by atoms with E-state index in [1.165, 1.54) is 27.3 Å². The molecule has 1 amide bonds. The SMILES string of the molecule is Cc1ccc(-c2csc(NC(=O)CCSCc3nc4sc5c(c4c(=O)[nH]3)CCC5)n2)cc1. The number of amides is 1. The summed E-state index contributed by atoms with van der Waals surface area (Å²) >= 11 is 4.67. The fourth-order valence-corrected chi connectivity index (χ4v) is 6.64. The molecule has 2 N–H and O–H groups in total. The van der Waals surface area contributed by atoms with Crippen LogP contribution in [0.5, 0.6) is 0 Å². The summed E-state index contributed by atoms with van der Waals surface area (Å²) in [5.74, 6) is 1.84. The number of thiazole rings is 1. The first-order valence-electron chi connectivity index (χ1n) is 10.5. The Bertz CT molecular complexity index is 1340. The molecule has 0 aliphatic heterocycles. The lowest BCUT2D eigenvalue weighted by molar-refractivity contribution is -0.115. The number of fused-ring (bicyclic) bond motifs is 3. The average molecular weight is 483 g/mol. The van der Waals surface area contributed by atoms with E-state index >= 15 is 0 Å². The molecule has 0 unspecified atom stereocenters. The first-order valence-corrected chi connectivity index (χ1v) is 13.4. The summed E-state index contributed by atoms with van der Waals surface area (Å²) in [6.45, 7) is 2.05. The van der Waals surface area contributed by atoms with Crippen molar-refractivity contribution in [3.63, 3.8) is 0 Å². The first-order chi connectivity index (χ1) is 15.6. The van der Waals surface area contributed by atoms with Crippen LogP contribution < -0.4 is 10.9 Å². The zero-order chi connectivity index (χ0) is 22.1. The summed E-state index contributed by atoms with van der Waals surface area (Å²) < 4.78 is 0. The zero-order valence-electron chi connectivity index (χ0n) is 17.6. The number of hydrogen-bond donors (Lipinski definition) is 2. The van der Waals surface area contributed by atoms with Gasteiger partial charge in [0.15, 0.2) is 5.13 Å². The van der Waals surface area contributed by atoms with Crippen molar-refractivity contribution < 1.29 is 4.79 Å². The third-order valence-electron chi connectivity index (χ3n) is 5.43. The Morgan fingerprint density at radius 3 is 2.91 bits per heavy atom. The Labute approximate surface area is 197 Å². The summed E-state index contributed by atoms with van der Waals surface area (Å²) in [6.07, 6.45) is 3.55. The maximum atomic E-state index is 12.5. The third kappa shape index (κ3) is 4.51. The van der Waals surface area contributed by atoms with Crippen molar-refractivity contribution in [1.82, 2.24) is 15.0 Å². The maximum absolute atomic E-state index is 12.5. The van der Waals surface area contributed by atoms with E-state index in [1.807, 2.05) is 24.4 Å². The minimum Gasteiger partial charge on any atom is -0.309 e. The number of hydrogen-bond acceptors (Lipinski definition) is 7. The number of benzene rings is 1. The van der Waals surface area contributed by atoms with Gasteiger partial charge in [-0.25, -0.2) is 9.97 Å². The Morgan fingerprint density at radius 1 is 1.22 bits per heavy atom. The Morgan fingerprint density at radius 2 is 2.06 bits per heavy atom. The zero-order valence-corrected chi connectivity index (χ0v) is 20.0. The predicted octanol–water partition coefficient (Wildman–Crippen LogP) is 5.17. The van der Waals surface area contributed by atoms with Crippen molar-refractivity contribution in [2.75, 3.05) is 11.1 Å². The molecule has 1 aliphatic rings. The van der Waals surface area contributed by atoms with E-state index in [4.69, 9.17) is 0 Å². The number of H-pyrrole nitrogens is 1. The van der Waals surface area contributed by atoms with Crippen molar-refractivity contribution >= 4 is 55.7 Å². The van der Waals surface area contributed by atoms with Gasteiger partial charge in [-0.1, -0.05) is 29.8 Å². The van der Waals surface area contributed by atoms with Crippen LogP contribution >= 0.6 is 34.4 Å². The van der Waals surface area contributed by atoms with Gasteiger partial charge in [-0.2, -0.15) is 11.8 Å². The van der Waals surface area contributed by atoms with Crippen molar-refractivity contribution in [3.8, 4) is 11.3 Å². The summed E-state index contributed by atoms with van der Waals surface area (Å²) in [5, 5.41) is 6.22. The predicted molar refractivity (Wildman–Crippen MR) is 134 cm³/mol. The fraction of sp³-hybridized carbons (Fsp3) is 0.304. The van der Waals surface area contributed by atoms with E-state index in [0.717, 1.165) is 40.7 Å². The molecule has 0 atom stereocenters. The number of aryl methyl sites for hydroxylation is 3. The van der Waals surface area contributed by atoms with Gasteiger partial charge < -0.3 is 10.3 Å². The average Bonchev–Trinajstić information content (AvgIpc) is 3.48. The Kier molecular flexibility index (Phi) is 6.12. The van der Waals surface area contributed by atoms with E-state index in [2.05, 4.69) is 32.4 Å². The molecule has 0 bridgehead atoms. The maximum Gasteiger partial charge on any atom is 0.259 e. The molecular weight excluding hydrogens is 460 g/mol. The molecular formula is C23H22N4O2S3. The summed E-state index contributed by atoms with van der Waals surface area (Å²) in [6, 6.07) is 8.17. The third-order valence-corrected chi connectivity index (χ3v) is 8.35. The molecule has 0 radical (unpaired) electrons. The quantitative estimate of drug-likeness (QED) is 0.355. The molecule has 4 aromatic rings. The second-order valence-corrected chi connectivity index (χ2v) is 10.9. The lowest BCUT2D eigenvalue weighted by Crippen LogP contribution is -2.13. The number of carbonyl (C=O) groups is 1. The Balaban J connectivity index is 1.12. The second-order valence-electron chi connectivity index (χ2n) is 7.80. The topological polar surface area (TPSA) is 87.7 Å². The van der Waals surface area contributed by atoms with Crippen molar-refractivity contribution in [2.45, 2.75) is 38.4 Å². The van der Waals surface area contributed by atoms with Crippen LogP contribution in [0.3, 0.4) is 0 Å². The van der Waals surface area contributed by atoms with Crippen molar-refractivity contribution in [1.29, 1.82) is 0 Å². The van der Waals surface area contributed by atoms with E-state index in [0.29, 0.717) is 28.9 Å². The van der Waals surface area contributed by atoms with E-state index < -0.39 is 0 Å². The van der Waals surface area contributed by atoms with Gasteiger partial charge in [0.1, 0.15) is 10.7 Å². The van der Waals surface area contributed by atoms with E-state index in [1.54, 1.807) is 23.1 Å². The molecule has 3 aromatic heterocycles. The van der Waals surface area contributed by atoms with Crippen LogP contribution in [0.25, 0.3) is 21.5 Å². The number of thioether (sulfide) groups is 1. The highest BCUT2D eigenvalue weighted by Gasteiger charge is 2.21. The summed E-state index contributed by atoms with van der Waals surface area (Å²) in [7, 11) is 0. The molecule has 1 aliphatic carbocycles. The number of anilines is 1. The van der Waals surface area contributed by atoms with Crippen LogP contribution in [0, 0.1) is 6.92 Å². The van der Waals surface area contributed by atoms with Crippen LogP contribution in [0.1, 0.15) is 34.7 Å². The van der Waals surface area contributed by atoms with Crippen LogP contribution in [0.4, 0.5) is 5.13 Å². The molecule has 3 heterocycles. The molecule has 32 heavy (non-hydrogen) atoms. The van der Waals surface area contributed by atoms with Crippen LogP contribution in [0.15, 0.2) is 34.4 Å². The van der Waals surface area contributed by atoms with Crippen LogP contribution in [-0.4, -0.2) is 26.6 Å². The molecule has 0 saturated heterocycles.